The van der Waals surface area contributed by atoms with E-state index in [1.807, 2.05) is 18.2 Å². The number of benzene rings is 1. The topological polar surface area (TPSA) is 65.6 Å². The van der Waals surface area contributed by atoms with Crippen molar-refractivity contribution in [3.8, 4) is 5.82 Å². The molecule has 0 fully saturated rings. The van der Waals surface area contributed by atoms with Gasteiger partial charge in [0, 0.05) is 11.6 Å². The highest BCUT2D eigenvalue weighted by Crippen LogP contribution is 2.24. The smallest absolute Gasteiger partial charge is 0.172 e. The minimum absolute atomic E-state index is 0.366. The number of halogens is 2. The van der Waals surface area contributed by atoms with Crippen molar-refractivity contribution in [3.05, 3.63) is 70.2 Å². The first-order chi connectivity index (χ1) is 12.2. The standard InChI is InChI=1S/C17H11Cl2N5O/c18-14-3-1-5-16-13(14)8-21-23(16)9-11-7-12(10-25)24(22-11)17-15(19)4-2-6-20-17/h1-8,10H,9H2. The van der Waals surface area contributed by atoms with Gasteiger partial charge in [0.05, 0.1) is 34.0 Å². The molecule has 1 aromatic carbocycles. The van der Waals surface area contributed by atoms with Gasteiger partial charge in [0.2, 0.25) is 0 Å². The van der Waals surface area contributed by atoms with Gasteiger partial charge in [-0.1, -0.05) is 29.3 Å². The van der Waals surface area contributed by atoms with E-state index in [-0.39, 0.29) is 0 Å². The van der Waals surface area contributed by atoms with E-state index in [4.69, 9.17) is 23.2 Å². The third-order valence-corrected chi connectivity index (χ3v) is 4.42. The lowest BCUT2D eigenvalue weighted by Crippen LogP contribution is -2.06. The predicted octanol–water partition coefficient (Wildman–Crippen LogP) is 3.78. The van der Waals surface area contributed by atoms with Gasteiger partial charge in [0.1, 0.15) is 5.69 Å². The fourth-order valence-corrected chi connectivity index (χ4v) is 3.08. The number of aromatic nitrogens is 5. The molecule has 0 N–H and O–H groups in total. The van der Waals surface area contributed by atoms with Gasteiger partial charge in [-0.2, -0.15) is 10.2 Å². The van der Waals surface area contributed by atoms with E-state index in [0.717, 1.165) is 17.2 Å². The Labute approximate surface area is 152 Å². The molecular weight excluding hydrogens is 361 g/mol. The van der Waals surface area contributed by atoms with Crippen LogP contribution in [0.2, 0.25) is 10.0 Å². The number of carbonyl (C=O) groups is 1. The first-order valence-corrected chi connectivity index (χ1v) is 8.18. The van der Waals surface area contributed by atoms with Crippen molar-refractivity contribution in [2.24, 2.45) is 0 Å². The lowest BCUT2D eigenvalue weighted by Gasteiger charge is -2.04. The number of pyridine rings is 1. The zero-order chi connectivity index (χ0) is 17.4. The van der Waals surface area contributed by atoms with Gasteiger partial charge in [0.15, 0.2) is 12.1 Å². The molecular formula is C17H11Cl2N5O. The van der Waals surface area contributed by atoms with Crippen LogP contribution in [-0.4, -0.2) is 30.8 Å². The molecule has 0 saturated heterocycles. The molecule has 4 aromatic rings. The van der Waals surface area contributed by atoms with Crippen LogP contribution in [0.1, 0.15) is 16.2 Å². The number of rotatable bonds is 4. The molecule has 124 valence electrons. The highest BCUT2D eigenvalue weighted by atomic mass is 35.5. The Morgan fingerprint density at radius 3 is 2.76 bits per heavy atom. The Morgan fingerprint density at radius 1 is 1.12 bits per heavy atom. The van der Waals surface area contributed by atoms with Crippen LogP contribution in [0.5, 0.6) is 0 Å². The van der Waals surface area contributed by atoms with Crippen molar-refractivity contribution in [2.75, 3.05) is 0 Å². The van der Waals surface area contributed by atoms with E-state index in [1.165, 1.54) is 4.68 Å². The zero-order valence-electron chi connectivity index (χ0n) is 12.8. The summed E-state index contributed by atoms with van der Waals surface area (Å²) >= 11 is 12.3. The molecule has 3 aromatic heterocycles. The Morgan fingerprint density at radius 2 is 1.96 bits per heavy atom. The molecule has 0 aliphatic carbocycles. The maximum absolute atomic E-state index is 11.4. The summed E-state index contributed by atoms with van der Waals surface area (Å²) in [5.74, 6) is 0.408. The first-order valence-electron chi connectivity index (χ1n) is 7.42. The molecule has 0 spiro atoms. The quantitative estimate of drug-likeness (QED) is 0.512. The molecule has 0 radical (unpaired) electrons. The van der Waals surface area contributed by atoms with E-state index >= 15 is 0 Å². The highest BCUT2D eigenvalue weighted by molar-refractivity contribution is 6.35. The largest absolute Gasteiger partial charge is 0.296 e. The zero-order valence-corrected chi connectivity index (χ0v) is 14.3. The minimum atomic E-state index is 0.366. The maximum atomic E-state index is 11.4. The van der Waals surface area contributed by atoms with Gasteiger partial charge in [-0.05, 0) is 30.3 Å². The van der Waals surface area contributed by atoms with Gasteiger partial charge in [-0.25, -0.2) is 9.67 Å². The molecule has 6 nitrogen and oxygen atoms in total. The Balaban J connectivity index is 1.76. The van der Waals surface area contributed by atoms with Crippen LogP contribution >= 0.6 is 23.2 Å². The van der Waals surface area contributed by atoms with Gasteiger partial charge in [0.25, 0.3) is 0 Å². The molecule has 0 amide bonds. The molecule has 0 aliphatic heterocycles. The monoisotopic (exact) mass is 371 g/mol. The summed E-state index contributed by atoms with van der Waals surface area (Å²) in [5.41, 5.74) is 1.92. The van der Waals surface area contributed by atoms with Crippen LogP contribution in [-0.2, 0) is 6.54 Å². The van der Waals surface area contributed by atoms with E-state index in [2.05, 4.69) is 15.2 Å². The molecule has 0 atom stereocenters. The van der Waals surface area contributed by atoms with Crippen molar-refractivity contribution in [1.29, 1.82) is 0 Å². The molecule has 3 heterocycles. The first kappa shape index (κ1) is 15.8. The number of aldehydes is 1. The summed E-state index contributed by atoms with van der Waals surface area (Å²) in [6.07, 6.45) is 4.03. The van der Waals surface area contributed by atoms with Crippen LogP contribution in [0.25, 0.3) is 16.7 Å². The van der Waals surface area contributed by atoms with Gasteiger partial charge >= 0.3 is 0 Å². The summed E-state index contributed by atoms with van der Waals surface area (Å²) in [4.78, 5) is 15.6. The van der Waals surface area contributed by atoms with Crippen LogP contribution < -0.4 is 0 Å². The lowest BCUT2D eigenvalue weighted by molar-refractivity contribution is 0.111. The van der Waals surface area contributed by atoms with Crippen LogP contribution in [0.3, 0.4) is 0 Å². The fourth-order valence-electron chi connectivity index (χ4n) is 2.66. The van der Waals surface area contributed by atoms with Crippen LogP contribution in [0, 0.1) is 0 Å². The maximum Gasteiger partial charge on any atom is 0.172 e. The van der Waals surface area contributed by atoms with Crippen LogP contribution in [0.4, 0.5) is 0 Å². The second-order valence-corrected chi connectivity index (χ2v) is 6.19. The summed E-state index contributed by atoms with van der Waals surface area (Å²) in [5, 5.41) is 10.7. The third-order valence-electron chi connectivity index (χ3n) is 3.79. The van der Waals surface area contributed by atoms with Gasteiger partial charge < -0.3 is 0 Å². The SMILES string of the molecule is O=Cc1cc(Cn2ncc3c(Cl)cccc32)nn1-c1ncccc1Cl. The summed E-state index contributed by atoms with van der Waals surface area (Å²) in [6, 6.07) is 10.7. The number of fused-ring (bicyclic) bond motifs is 1. The summed E-state index contributed by atoms with van der Waals surface area (Å²) in [7, 11) is 0. The number of hydrogen-bond donors (Lipinski definition) is 0. The average Bonchev–Trinajstić information content (AvgIpc) is 3.21. The van der Waals surface area contributed by atoms with Crippen molar-refractivity contribution < 1.29 is 4.79 Å². The molecule has 4 rings (SSSR count). The normalized spacial score (nSPS) is 11.1. The fraction of sp³-hybridized carbons (Fsp3) is 0.0588. The van der Waals surface area contributed by atoms with E-state index in [9.17, 15) is 4.79 Å². The third kappa shape index (κ3) is 2.79. The molecule has 0 unspecified atom stereocenters. The predicted molar refractivity (Wildman–Crippen MR) is 95.6 cm³/mol. The van der Waals surface area contributed by atoms with E-state index < -0.39 is 0 Å². The Kier molecular flexibility index (Phi) is 3.99. The minimum Gasteiger partial charge on any atom is -0.296 e. The lowest BCUT2D eigenvalue weighted by atomic mass is 10.2. The second kappa shape index (κ2) is 6.31. The highest BCUT2D eigenvalue weighted by Gasteiger charge is 2.14. The van der Waals surface area contributed by atoms with Crippen LogP contribution in [0.15, 0.2) is 48.8 Å². The molecule has 0 bridgehead atoms. The number of nitrogens with zero attached hydrogens (tertiary/aromatic N) is 5. The van der Waals surface area contributed by atoms with Gasteiger partial charge in [-0.15, -0.1) is 0 Å². The number of carbonyl (C=O) groups excluding carboxylic acids is 1. The second-order valence-electron chi connectivity index (χ2n) is 5.37. The van der Waals surface area contributed by atoms with E-state index in [0.29, 0.717) is 33.8 Å². The van der Waals surface area contributed by atoms with Crippen molar-refractivity contribution in [2.45, 2.75) is 6.54 Å². The van der Waals surface area contributed by atoms with Crippen molar-refractivity contribution in [3.63, 3.8) is 0 Å². The molecule has 8 heteroatoms. The van der Waals surface area contributed by atoms with E-state index in [1.54, 1.807) is 35.3 Å². The Hall–Kier alpha value is -2.70. The molecule has 25 heavy (non-hydrogen) atoms. The molecule has 0 aliphatic rings. The van der Waals surface area contributed by atoms with Gasteiger partial charge in [-0.3, -0.25) is 9.48 Å². The van der Waals surface area contributed by atoms with Crippen molar-refractivity contribution >= 4 is 40.4 Å². The molecule has 0 saturated carbocycles. The number of hydrogen-bond acceptors (Lipinski definition) is 4. The summed E-state index contributed by atoms with van der Waals surface area (Å²) in [6.45, 7) is 0.391. The summed E-state index contributed by atoms with van der Waals surface area (Å²) < 4.78 is 3.21. The van der Waals surface area contributed by atoms with Crippen molar-refractivity contribution in [1.82, 2.24) is 24.5 Å². The average molecular weight is 372 g/mol. The Bertz CT molecular complexity index is 1090.